The van der Waals surface area contributed by atoms with Crippen LogP contribution >= 0.6 is 11.6 Å². The fraction of sp³-hybridized carbons (Fsp3) is 0.318. The third-order valence-electron chi connectivity index (χ3n) is 5.81. The third kappa shape index (κ3) is 3.50. The second-order valence-corrected chi connectivity index (χ2v) is 8.51. The van der Waals surface area contributed by atoms with Gasteiger partial charge in [0.1, 0.15) is 11.4 Å². The Hall–Kier alpha value is -2.81. The average molecular weight is 443 g/mol. The molecule has 0 spiro atoms. The Morgan fingerprint density at radius 3 is 2.81 bits per heavy atom. The molecule has 2 aromatic carbocycles. The number of hydrogen-bond acceptors (Lipinski definition) is 6. The molecular formula is C22H20ClFN4O3. The summed E-state index contributed by atoms with van der Waals surface area (Å²) in [6.07, 6.45) is 1.55. The summed E-state index contributed by atoms with van der Waals surface area (Å²) in [7, 11) is 0. The minimum absolute atomic E-state index is 0.118. The molecule has 5 rings (SSSR count). The number of carbonyl (C=O) groups excluding carboxylic acids is 1. The summed E-state index contributed by atoms with van der Waals surface area (Å²) in [6.45, 7) is 2.11. The number of carbonyl (C=O) groups is 1. The Labute approximate surface area is 182 Å². The van der Waals surface area contributed by atoms with Gasteiger partial charge in [0.05, 0.1) is 24.8 Å². The van der Waals surface area contributed by atoms with Gasteiger partial charge in [-0.05, 0) is 47.2 Å². The molecule has 1 saturated heterocycles. The lowest BCUT2D eigenvalue weighted by Crippen LogP contribution is -2.66. The highest BCUT2D eigenvalue weighted by Gasteiger charge is 2.43. The van der Waals surface area contributed by atoms with Crippen LogP contribution in [-0.2, 0) is 16.0 Å². The summed E-state index contributed by atoms with van der Waals surface area (Å²) in [4.78, 5) is 16.7. The number of ether oxygens (including phenoxy) is 1. The molecule has 7 nitrogen and oxygen atoms in total. The molecule has 1 atom stereocenters. The zero-order valence-electron chi connectivity index (χ0n) is 16.7. The Kier molecular flexibility index (Phi) is 4.80. The van der Waals surface area contributed by atoms with E-state index in [1.54, 1.807) is 13.0 Å². The molecule has 0 radical (unpaired) electrons. The number of rotatable bonds is 4. The molecule has 1 unspecified atom stereocenters. The highest BCUT2D eigenvalue weighted by molar-refractivity contribution is 6.31. The van der Waals surface area contributed by atoms with Gasteiger partial charge >= 0.3 is 0 Å². The van der Waals surface area contributed by atoms with E-state index in [0.717, 1.165) is 29.5 Å². The third-order valence-corrected chi connectivity index (χ3v) is 6.03. The zero-order chi connectivity index (χ0) is 21.8. The topological polar surface area (TPSA) is 103 Å². The molecule has 1 aromatic heterocycles. The van der Waals surface area contributed by atoms with Gasteiger partial charge in [0, 0.05) is 11.9 Å². The van der Waals surface area contributed by atoms with Crippen LogP contribution in [-0.4, -0.2) is 34.8 Å². The summed E-state index contributed by atoms with van der Waals surface area (Å²) < 4.78 is 25.0. The summed E-state index contributed by atoms with van der Waals surface area (Å²) in [5.74, 6) is -0.210. The quantitative estimate of drug-likeness (QED) is 0.642. The average Bonchev–Trinajstić information content (AvgIpc) is 3.31. The van der Waals surface area contributed by atoms with Crippen LogP contribution in [0.25, 0.3) is 22.5 Å². The van der Waals surface area contributed by atoms with Gasteiger partial charge in [-0.3, -0.25) is 4.79 Å². The van der Waals surface area contributed by atoms with E-state index in [1.807, 2.05) is 18.2 Å². The van der Waals surface area contributed by atoms with E-state index in [0.29, 0.717) is 11.5 Å². The second kappa shape index (κ2) is 7.40. The summed E-state index contributed by atoms with van der Waals surface area (Å²) in [6, 6.07) is 8.64. The molecule has 9 heteroatoms. The standard InChI is InChI=1S/C22H20ClFN4O3/c1-11-26-20(28-31-11)19-16(7-14(23)8-17(19)24)13-2-4-15-12(6-13)3-5-18(15)27-21(29)22(25)9-30-10-22/h2,4,6-8,18H,3,5,9-10,25H2,1H3,(H,27,29). The molecule has 0 bridgehead atoms. The fourth-order valence-electron chi connectivity index (χ4n) is 4.12. The number of aromatic nitrogens is 2. The van der Waals surface area contributed by atoms with Crippen molar-refractivity contribution in [3.63, 3.8) is 0 Å². The molecule has 3 aromatic rings. The maximum Gasteiger partial charge on any atom is 0.245 e. The molecule has 160 valence electrons. The Morgan fingerprint density at radius 1 is 1.32 bits per heavy atom. The van der Waals surface area contributed by atoms with Gasteiger partial charge < -0.3 is 20.3 Å². The molecule has 2 heterocycles. The first-order valence-electron chi connectivity index (χ1n) is 9.94. The van der Waals surface area contributed by atoms with Crippen molar-refractivity contribution >= 4 is 17.5 Å². The molecule has 31 heavy (non-hydrogen) atoms. The summed E-state index contributed by atoms with van der Waals surface area (Å²) >= 11 is 6.15. The van der Waals surface area contributed by atoms with Gasteiger partial charge in [-0.2, -0.15) is 4.98 Å². The molecule has 0 saturated carbocycles. The first-order valence-corrected chi connectivity index (χ1v) is 10.3. The molecule has 1 amide bonds. The van der Waals surface area contributed by atoms with Crippen LogP contribution in [0, 0.1) is 12.7 Å². The SMILES string of the molecule is Cc1nc(-c2c(F)cc(Cl)cc2-c2ccc3c(c2)CCC3NC(=O)C2(N)COC2)no1. The van der Waals surface area contributed by atoms with Crippen molar-refractivity contribution < 1.29 is 18.4 Å². The predicted octanol–water partition coefficient (Wildman–Crippen LogP) is 3.34. The maximum absolute atomic E-state index is 14.8. The molecule has 3 N–H and O–H groups in total. The number of nitrogens with one attached hydrogen (secondary N) is 1. The number of halogens is 2. The number of amides is 1. The molecule has 1 fully saturated rings. The van der Waals surface area contributed by atoms with Crippen molar-refractivity contribution in [3.05, 3.63) is 58.2 Å². The van der Waals surface area contributed by atoms with Crippen LogP contribution in [0.1, 0.15) is 29.5 Å². The largest absolute Gasteiger partial charge is 0.376 e. The van der Waals surface area contributed by atoms with Crippen molar-refractivity contribution in [1.29, 1.82) is 0 Å². The number of fused-ring (bicyclic) bond motifs is 1. The highest BCUT2D eigenvalue weighted by atomic mass is 35.5. The van der Waals surface area contributed by atoms with Crippen LogP contribution in [0.3, 0.4) is 0 Å². The van der Waals surface area contributed by atoms with Crippen LogP contribution < -0.4 is 11.1 Å². The van der Waals surface area contributed by atoms with Crippen molar-refractivity contribution in [3.8, 4) is 22.5 Å². The van der Waals surface area contributed by atoms with Crippen molar-refractivity contribution in [2.75, 3.05) is 13.2 Å². The zero-order valence-corrected chi connectivity index (χ0v) is 17.5. The van der Waals surface area contributed by atoms with Crippen LogP contribution in [0.15, 0.2) is 34.9 Å². The Balaban J connectivity index is 1.49. The fourth-order valence-corrected chi connectivity index (χ4v) is 4.32. The minimum atomic E-state index is -0.946. The van der Waals surface area contributed by atoms with E-state index in [2.05, 4.69) is 15.5 Å². The predicted molar refractivity (Wildman–Crippen MR) is 112 cm³/mol. The van der Waals surface area contributed by atoms with E-state index in [1.165, 1.54) is 6.07 Å². The van der Waals surface area contributed by atoms with Crippen LogP contribution in [0.4, 0.5) is 4.39 Å². The second-order valence-electron chi connectivity index (χ2n) is 8.07. The Bertz CT molecular complexity index is 1190. The molecule has 2 aliphatic rings. The van der Waals surface area contributed by atoms with Gasteiger partial charge in [-0.1, -0.05) is 35.0 Å². The number of nitrogens with zero attached hydrogens (tertiary/aromatic N) is 2. The van der Waals surface area contributed by atoms with Gasteiger partial charge in [-0.15, -0.1) is 0 Å². The Morgan fingerprint density at radius 2 is 2.13 bits per heavy atom. The van der Waals surface area contributed by atoms with Gasteiger partial charge in [0.2, 0.25) is 17.6 Å². The van der Waals surface area contributed by atoms with Crippen LogP contribution in [0.5, 0.6) is 0 Å². The van der Waals surface area contributed by atoms with E-state index in [9.17, 15) is 9.18 Å². The number of hydrogen-bond donors (Lipinski definition) is 2. The minimum Gasteiger partial charge on any atom is -0.376 e. The number of nitrogens with two attached hydrogens (primary N) is 1. The summed E-state index contributed by atoms with van der Waals surface area (Å²) in [5, 5.41) is 7.19. The smallest absolute Gasteiger partial charge is 0.245 e. The first kappa shape index (κ1) is 20.1. The lowest BCUT2D eigenvalue weighted by Gasteiger charge is -2.36. The molecular weight excluding hydrogens is 423 g/mol. The molecule has 1 aliphatic carbocycles. The van der Waals surface area contributed by atoms with Gasteiger partial charge in [0.25, 0.3) is 0 Å². The van der Waals surface area contributed by atoms with Gasteiger partial charge in [-0.25, -0.2) is 4.39 Å². The van der Waals surface area contributed by atoms with E-state index in [4.69, 9.17) is 26.6 Å². The molecule has 1 aliphatic heterocycles. The number of benzene rings is 2. The van der Waals surface area contributed by atoms with Crippen molar-refractivity contribution in [2.24, 2.45) is 5.73 Å². The maximum atomic E-state index is 14.8. The highest BCUT2D eigenvalue weighted by Crippen LogP contribution is 2.39. The van der Waals surface area contributed by atoms with Crippen molar-refractivity contribution in [1.82, 2.24) is 15.5 Å². The van der Waals surface area contributed by atoms with Crippen molar-refractivity contribution in [2.45, 2.75) is 31.3 Å². The van der Waals surface area contributed by atoms with E-state index in [-0.39, 0.29) is 41.6 Å². The van der Waals surface area contributed by atoms with Gasteiger partial charge in [0.15, 0.2) is 0 Å². The van der Waals surface area contributed by atoms with Crippen LogP contribution in [0.2, 0.25) is 5.02 Å². The lowest BCUT2D eigenvalue weighted by atomic mass is 9.94. The number of aryl methyl sites for hydroxylation is 2. The van der Waals surface area contributed by atoms with E-state index < -0.39 is 11.4 Å². The summed E-state index contributed by atoms with van der Waals surface area (Å²) in [5.41, 5.74) is 8.80. The van der Waals surface area contributed by atoms with E-state index >= 15 is 0 Å². The lowest BCUT2D eigenvalue weighted by molar-refractivity contribution is -0.144. The normalized spacial score (nSPS) is 19.0. The first-order chi connectivity index (χ1) is 14.8. The monoisotopic (exact) mass is 442 g/mol.